The Morgan fingerprint density at radius 2 is 1.88 bits per heavy atom. The van der Waals surface area contributed by atoms with Gasteiger partial charge in [0.25, 0.3) is 0 Å². The molecule has 5 heteroatoms. The predicted molar refractivity (Wildman–Crippen MR) is 102 cm³/mol. The number of carbonyl (C=O) groups is 1. The van der Waals surface area contributed by atoms with E-state index in [1.165, 1.54) is 30.4 Å². The third-order valence-corrected chi connectivity index (χ3v) is 4.59. The van der Waals surface area contributed by atoms with Crippen LogP contribution in [0.3, 0.4) is 0 Å². The molecule has 0 unspecified atom stereocenters. The second-order valence-electron chi connectivity index (χ2n) is 6.30. The van der Waals surface area contributed by atoms with Crippen LogP contribution in [0.15, 0.2) is 36.2 Å². The molecule has 0 aliphatic rings. The number of aliphatic hydroxyl groups excluding tert-OH is 1. The molecule has 0 bridgehead atoms. The normalized spacial score (nSPS) is 11.0. The monoisotopic (exact) mass is 537 g/mol. The summed E-state index contributed by atoms with van der Waals surface area (Å²) < 4.78 is 0. The minimum Gasteiger partial charge on any atom is -0.512 e. The molecule has 0 amide bonds. The second-order valence-corrected chi connectivity index (χ2v) is 7.39. The number of nitrogens with zero attached hydrogens (tertiary/aromatic N) is 1. The zero-order valence-corrected chi connectivity index (χ0v) is 18.8. The maximum atomic E-state index is 10.0. The number of hydrogen-bond acceptors (Lipinski definition) is 4. The molecule has 2 heterocycles. The van der Waals surface area contributed by atoms with Crippen molar-refractivity contribution in [3.8, 4) is 10.6 Å². The van der Waals surface area contributed by atoms with E-state index in [9.17, 15) is 4.79 Å². The number of rotatable bonds is 4. The zero-order chi connectivity index (χ0) is 18.3. The van der Waals surface area contributed by atoms with Crippen LogP contribution in [-0.4, -0.2) is 15.9 Å². The Morgan fingerprint density at radius 3 is 2.28 bits per heavy atom. The van der Waals surface area contributed by atoms with Crippen molar-refractivity contribution in [3.05, 3.63) is 52.7 Å². The van der Waals surface area contributed by atoms with Gasteiger partial charge in [-0.15, -0.1) is 0 Å². The molecule has 1 N–H and O–H groups in total. The van der Waals surface area contributed by atoms with Crippen molar-refractivity contribution in [2.75, 3.05) is 0 Å². The fourth-order valence-corrected chi connectivity index (χ4v) is 2.87. The van der Waals surface area contributed by atoms with E-state index in [1.54, 1.807) is 11.3 Å². The Bertz CT molecular complexity index is 701. The standard InChI is InChI=1S/C15H18NS.C5H8O2.Ir/c1-10(2)12-7-8-16-13(9-12)15-6-5-14(17-15)11(3)4;1-4(6)3-5(2)7;/h5,7-11H,1-4H3;3,6H,1-2H3;/q-1;;/b;4-3-;. The van der Waals surface area contributed by atoms with Crippen LogP contribution in [0.25, 0.3) is 10.6 Å². The van der Waals surface area contributed by atoms with Crippen LogP contribution >= 0.6 is 11.3 Å². The molecule has 0 aliphatic heterocycles. The third-order valence-electron chi connectivity index (χ3n) is 3.23. The molecule has 1 radical (unpaired) electrons. The largest absolute Gasteiger partial charge is 0.512 e. The van der Waals surface area contributed by atoms with Gasteiger partial charge in [0.2, 0.25) is 0 Å². The summed E-state index contributed by atoms with van der Waals surface area (Å²) in [4.78, 5) is 17.0. The molecular weight excluding hydrogens is 511 g/mol. The Balaban J connectivity index is 0.000000620. The average Bonchev–Trinajstić information content (AvgIpc) is 2.96. The quantitative estimate of drug-likeness (QED) is 0.301. The number of pyridine rings is 1. The number of hydrogen-bond donors (Lipinski definition) is 1. The van der Waals surface area contributed by atoms with Crippen LogP contribution in [0.1, 0.15) is 63.8 Å². The summed E-state index contributed by atoms with van der Waals surface area (Å²) in [6, 6.07) is 9.68. The van der Waals surface area contributed by atoms with E-state index < -0.39 is 0 Å². The molecule has 0 spiro atoms. The van der Waals surface area contributed by atoms with E-state index >= 15 is 0 Å². The summed E-state index contributed by atoms with van der Waals surface area (Å²) in [5.41, 5.74) is 2.39. The molecule has 0 saturated carbocycles. The topological polar surface area (TPSA) is 50.2 Å². The molecule has 0 aromatic carbocycles. The van der Waals surface area contributed by atoms with Gasteiger partial charge in [0.15, 0.2) is 5.78 Å². The van der Waals surface area contributed by atoms with E-state index in [2.05, 4.69) is 56.9 Å². The molecule has 2 aromatic heterocycles. The smallest absolute Gasteiger partial charge is 0.155 e. The molecule has 2 rings (SSSR count). The van der Waals surface area contributed by atoms with Gasteiger partial charge in [0.05, 0.1) is 5.76 Å². The Hall–Kier alpha value is -1.29. The number of carbonyl (C=O) groups excluding carboxylic acids is 1. The number of allylic oxidation sites excluding steroid dienone is 2. The van der Waals surface area contributed by atoms with Gasteiger partial charge in [-0.3, -0.25) is 4.79 Å². The van der Waals surface area contributed by atoms with Crippen molar-refractivity contribution in [3.63, 3.8) is 0 Å². The van der Waals surface area contributed by atoms with Gasteiger partial charge >= 0.3 is 0 Å². The number of aliphatic hydroxyl groups is 1. The fraction of sp³-hybridized carbons (Fsp3) is 0.400. The van der Waals surface area contributed by atoms with Crippen LogP contribution in [-0.2, 0) is 24.9 Å². The van der Waals surface area contributed by atoms with E-state index in [0.29, 0.717) is 11.8 Å². The summed E-state index contributed by atoms with van der Waals surface area (Å²) in [7, 11) is 0. The van der Waals surface area contributed by atoms with Crippen molar-refractivity contribution in [2.24, 2.45) is 0 Å². The summed E-state index contributed by atoms with van der Waals surface area (Å²) in [5, 5.41) is 8.36. The molecule has 2 aromatic rings. The zero-order valence-electron chi connectivity index (χ0n) is 15.6. The molecular formula is C20H26IrNO2S-. The summed E-state index contributed by atoms with van der Waals surface area (Å²) in [6.07, 6.45) is 3.06. The fourth-order valence-electron chi connectivity index (χ4n) is 1.95. The van der Waals surface area contributed by atoms with Gasteiger partial charge in [-0.2, -0.15) is 12.1 Å². The van der Waals surface area contributed by atoms with Crippen molar-refractivity contribution < 1.29 is 30.0 Å². The van der Waals surface area contributed by atoms with Crippen LogP contribution in [0.5, 0.6) is 0 Å². The number of aromatic nitrogens is 1. The van der Waals surface area contributed by atoms with Gasteiger partial charge < -0.3 is 10.1 Å². The van der Waals surface area contributed by atoms with E-state index in [0.717, 1.165) is 10.6 Å². The Labute approximate surface area is 168 Å². The van der Waals surface area contributed by atoms with Gasteiger partial charge in [-0.25, -0.2) is 11.3 Å². The van der Waals surface area contributed by atoms with E-state index in [4.69, 9.17) is 5.11 Å². The minimum atomic E-state index is -0.125. The third kappa shape index (κ3) is 8.57. The predicted octanol–water partition coefficient (Wildman–Crippen LogP) is 5.89. The minimum absolute atomic E-state index is 0. The molecule has 25 heavy (non-hydrogen) atoms. The van der Waals surface area contributed by atoms with Crippen molar-refractivity contribution in [1.29, 1.82) is 0 Å². The molecule has 139 valence electrons. The van der Waals surface area contributed by atoms with Crippen LogP contribution < -0.4 is 0 Å². The Kier molecular flexibility index (Phi) is 10.8. The van der Waals surface area contributed by atoms with Gasteiger partial charge in [0, 0.05) is 32.4 Å². The van der Waals surface area contributed by atoms with Crippen molar-refractivity contribution in [2.45, 2.75) is 53.4 Å². The van der Waals surface area contributed by atoms with E-state index in [-0.39, 0.29) is 31.6 Å². The first kappa shape index (κ1) is 23.7. The van der Waals surface area contributed by atoms with Crippen molar-refractivity contribution in [1.82, 2.24) is 4.98 Å². The maximum Gasteiger partial charge on any atom is 0.155 e. The molecule has 0 atom stereocenters. The SMILES string of the molecule is CC(=O)/C=C(/C)O.CC(C)c1ccnc(-c2[c-]cc(C(C)C)s2)c1.[Ir]. The average molecular weight is 537 g/mol. The van der Waals surface area contributed by atoms with E-state index in [1.807, 2.05) is 6.20 Å². The maximum absolute atomic E-state index is 10.0. The first-order chi connectivity index (χ1) is 11.2. The first-order valence-corrected chi connectivity index (χ1v) is 8.88. The van der Waals surface area contributed by atoms with Crippen LogP contribution in [0, 0.1) is 6.07 Å². The molecule has 0 fully saturated rings. The van der Waals surface area contributed by atoms with Crippen LogP contribution in [0.4, 0.5) is 0 Å². The molecule has 0 saturated heterocycles. The summed E-state index contributed by atoms with van der Waals surface area (Å²) >= 11 is 1.80. The Morgan fingerprint density at radius 1 is 1.24 bits per heavy atom. The van der Waals surface area contributed by atoms with Gasteiger partial charge in [-0.1, -0.05) is 55.0 Å². The van der Waals surface area contributed by atoms with Gasteiger partial charge in [0.1, 0.15) is 0 Å². The van der Waals surface area contributed by atoms with Gasteiger partial charge in [-0.05, 0) is 31.5 Å². The number of ketones is 1. The van der Waals surface area contributed by atoms with Crippen LogP contribution in [0.2, 0.25) is 0 Å². The number of thiophene rings is 1. The molecule has 3 nitrogen and oxygen atoms in total. The van der Waals surface area contributed by atoms with Crippen molar-refractivity contribution >= 4 is 17.1 Å². The summed E-state index contributed by atoms with van der Waals surface area (Å²) in [6.45, 7) is 11.7. The summed E-state index contributed by atoms with van der Waals surface area (Å²) in [5.74, 6) is 1.05. The first-order valence-electron chi connectivity index (χ1n) is 8.06. The second kappa shape index (κ2) is 11.3. The molecule has 0 aliphatic carbocycles.